The van der Waals surface area contributed by atoms with Gasteiger partial charge in [-0.25, -0.2) is 0 Å². The summed E-state index contributed by atoms with van der Waals surface area (Å²) in [6, 6.07) is 3.94. The van der Waals surface area contributed by atoms with Crippen LogP contribution in [0.4, 0.5) is 0 Å². The van der Waals surface area contributed by atoms with Gasteiger partial charge in [0.2, 0.25) is 5.75 Å². The average molecular weight is 283 g/mol. The van der Waals surface area contributed by atoms with E-state index in [4.69, 9.17) is 18.9 Å². The van der Waals surface area contributed by atoms with Crippen molar-refractivity contribution in [3.63, 3.8) is 0 Å². The summed E-state index contributed by atoms with van der Waals surface area (Å²) in [4.78, 5) is 0. The molecule has 0 aliphatic rings. The molecule has 1 rings (SSSR count). The fraction of sp³-hybridized carbons (Fsp3) is 0.600. The lowest BCUT2D eigenvalue weighted by molar-refractivity contribution is 0.257. The van der Waals surface area contributed by atoms with Crippen LogP contribution in [-0.4, -0.2) is 40.5 Å². The molecule has 0 saturated heterocycles. The first-order chi connectivity index (χ1) is 9.69. The Balaban J connectivity index is 2.85. The van der Waals surface area contributed by atoms with E-state index in [1.165, 1.54) is 0 Å². The number of ether oxygens (including phenoxy) is 4. The maximum absolute atomic E-state index is 5.82. The largest absolute Gasteiger partial charge is 0.493 e. The van der Waals surface area contributed by atoms with Gasteiger partial charge in [0.15, 0.2) is 11.5 Å². The molecular weight excluding hydrogens is 258 g/mol. The maximum atomic E-state index is 5.82. The standard InChI is InChI=1S/C15H25NO4/c1-6-11(16-7-2)10-20-12-8-13(17-3)15(19-5)14(9-12)18-4/h8-9,11,16H,6-7,10H2,1-5H3. The minimum absolute atomic E-state index is 0.332. The molecule has 1 aromatic rings. The van der Waals surface area contributed by atoms with Gasteiger partial charge in [0, 0.05) is 18.2 Å². The fourth-order valence-electron chi connectivity index (χ4n) is 1.95. The molecule has 5 nitrogen and oxygen atoms in total. The van der Waals surface area contributed by atoms with E-state index in [9.17, 15) is 0 Å². The molecule has 0 bridgehead atoms. The molecule has 0 aliphatic carbocycles. The first kappa shape index (κ1) is 16.4. The first-order valence-corrected chi connectivity index (χ1v) is 6.86. The summed E-state index contributed by atoms with van der Waals surface area (Å²) in [5.74, 6) is 2.47. The minimum atomic E-state index is 0.332. The van der Waals surface area contributed by atoms with Crippen LogP contribution in [0.1, 0.15) is 20.3 Å². The highest BCUT2D eigenvalue weighted by Crippen LogP contribution is 2.40. The van der Waals surface area contributed by atoms with Crippen LogP contribution in [0.15, 0.2) is 12.1 Å². The van der Waals surface area contributed by atoms with E-state index in [-0.39, 0.29) is 0 Å². The van der Waals surface area contributed by atoms with Crippen LogP contribution in [0.5, 0.6) is 23.0 Å². The third-order valence-electron chi connectivity index (χ3n) is 3.08. The molecule has 0 fully saturated rings. The summed E-state index contributed by atoms with van der Waals surface area (Å²) in [6.07, 6.45) is 1.01. The Morgan fingerprint density at radius 2 is 1.60 bits per heavy atom. The number of hydrogen-bond donors (Lipinski definition) is 1. The van der Waals surface area contributed by atoms with Crippen molar-refractivity contribution in [1.29, 1.82) is 0 Å². The molecule has 0 amide bonds. The fourth-order valence-corrected chi connectivity index (χ4v) is 1.95. The summed E-state index contributed by atoms with van der Waals surface area (Å²) in [6.45, 7) is 5.74. The predicted molar refractivity (Wildman–Crippen MR) is 79.3 cm³/mol. The third kappa shape index (κ3) is 4.20. The van der Waals surface area contributed by atoms with Crippen molar-refractivity contribution in [3.05, 3.63) is 12.1 Å². The van der Waals surface area contributed by atoms with E-state index in [0.717, 1.165) is 13.0 Å². The van der Waals surface area contributed by atoms with Gasteiger partial charge in [0.1, 0.15) is 12.4 Å². The van der Waals surface area contributed by atoms with Gasteiger partial charge < -0.3 is 24.3 Å². The average Bonchev–Trinajstić information content (AvgIpc) is 2.49. The van der Waals surface area contributed by atoms with Gasteiger partial charge in [0.05, 0.1) is 21.3 Å². The zero-order chi connectivity index (χ0) is 15.0. The lowest BCUT2D eigenvalue weighted by Crippen LogP contribution is -2.33. The molecule has 0 spiro atoms. The quantitative estimate of drug-likeness (QED) is 0.754. The summed E-state index contributed by atoms with van der Waals surface area (Å²) >= 11 is 0. The van der Waals surface area contributed by atoms with Gasteiger partial charge >= 0.3 is 0 Å². The van der Waals surface area contributed by atoms with Crippen molar-refractivity contribution < 1.29 is 18.9 Å². The highest BCUT2D eigenvalue weighted by Gasteiger charge is 2.14. The second-order valence-corrected chi connectivity index (χ2v) is 4.33. The Labute approximate surface area is 121 Å². The van der Waals surface area contributed by atoms with Crippen LogP contribution in [0.2, 0.25) is 0 Å². The van der Waals surface area contributed by atoms with Crippen LogP contribution in [0.3, 0.4) is 0 Å². The van der Waals surface area contributed by atoms with Crippen molar-refractivity contribution in [3.8, 4) is 23.0 Å². The molecule has 0 saturated carbocycles. The second kappa shape index (κ2) is 8.53. The molecule has 0 aromatic heterocycles. The highest BCUT2D eigenvalue weighted by atomic mass is 16.5. The molecular formula is C15H25NO4. The predicted octanol–water partition coefficient (Wildman–Crippen LogP) is 2.48. The summed E-state index contributed by atoms with van der Waals surface area (Å²) in [5.41, 5.74) is 0. The molecule has 1 unspecified atom stereocenters. The lowest BCUT2D eigenvalue weighted by Gasteiger charge is -2.18. The Hall–Kier alpha value is -1.62. The van der Waals surface area contributed by atoms with Crippen molar-refractivity contribution in [2.75, 3.05) is 34.5 Å². The number of likely N-dealkylation sites (N-methyl/N-ethyl adjacent to an activating group) is 1. The van der Waals surface area contributed by atoms with Crippen LogP contribution in [-0.2, 0) is 0 Å². The maximum Gasteiger partial charge on any atom is 0.203 e. The van der Waals surface area contributed by atoms with Gasteiger partial charge in [-0.2, -0.15) is 0 Å². The van der Waals surface area contributed by atoms with E-state index < -0.39 is 0 Å². The second-order valence-electron chi connectivity index (χ2n) is 4.33. The van der Waals surface area contributed by atoms with Crippen LogP contribution in [0, 0.1) is 0 Å². The number of hydrogen-bond acceptors (Lipinski definition) is 5. The molecule has 1 N–H and O–H groups in total. The summed E-state index contributed by atoms with van der Waals surface area (Å²) in [5, 5.41) is 3.37. The number of benzene rings is 1. The Kier molecular flexibility index (Phi) is 7.01. The normalized spacial score (nSPS) is 11.8. The SMILES string of the molecule is CCNC(CC)COc1cc(OC)c(OC)c(OC)c1. The van der Waals surface area contributed by atoms with Crippen molar-refractivity contribution in [1.82, 2.24) is 5.32 Å². The van der Waals surface area contributed by atoms with Gasteiger partial charge in [-0.15, -0.1) is 0 Å². The third-order valence-corrected chi connectivity index (χ3v) is 3.08. The van der Waals surface area contributed by atoms with E-state index >= 15 is 0 Å². The zero-order valence-corrected chi connectivity index (χ0v) is 13.0. The Morgan fingerprint density at radius 1 is 1.00 bits per heavy atom. The topological polar surface area (TPSA) is 49.0 Å². The summed E-state index contributed by atoms with van der Waals surface area (Å²) in [7, 11) is 4.77. The van der Waals surface area contributed by atoms with Crippen molar-refractivity contribution in [2.24, 2.45) is 0 Å². The van der Waals surface area contributed by atoms with Crippen LogP contribution >= 0.6 is 0 Å². The van der Waals surface area contributed by atoms with E-state index in [1.807, 2.05) is 0 Å². The Bertz CT molecular complexity index is 384. The monoisotopic (exact) mass is 283 g/mol. The van der Waals surface area contributed by atoms with E-state index in [0.29, 0.717) is 35.6 Å². The smallest absolute Gasteiger partial charge is 0.203 e. The van der Waals surface area contributed by atoms with Gasteiger partial charge in [-0.1, -0.05) is 13.8 Å². The van der Waals surface area contributed by atoms with E-state index in [2.05, 4.69) is 19.2 Å². The number of rotatable bonds is 9. The number of methoxy groups -OCH3 is 3. The van der Waals surface area contributed by atoms with E-state index in [1.54, 1.807) is 33.5 Å². The van der Waals surface area contributed by atoms with Crippen LogP contribution < -0.4 is 24.3 Å². The van der Waals surface area contributed by atoms with Gasteiger partial charge in [-0.3, -0.25) is 0 Å². The molecule has 0 heterocycles. The van der Waals surface area contributed by atoms with Crippen LogP contribution in [0.25, 0.3) is 0 Å². The first-order valence-electron chi connectivity index (χ1n) is 6.86. The number of nitrogens with one attached hydrogen (secondary N) is 1. The van der Waals surface area contributed by atoms with Gasteiger partial charge in [-0.05, 0) is 13.0 Å². The molecule has 1 aromatic carbocycles. The minimum Gasteiger partial charge on any atom is -0.493 e. The lowest BCUT2D eigenvalue weighted by atomic mass is 10.2. The highest BCUT2D eigenvalue weighted by molar-refractivity contribution is 5.55. The Morgan fingerprint density at radius 3 is 2.00 bits per heavy atom. The summed E-state index contributed by atoms with van der Waals surface area (Å²) < 4.78 is 21.7. The molecule has 114 valence electrons. The molecule has 1 atom stereocenters. The van der Waals surface area contributed by atoms with Crippen molar-refractivity contribution in [2.45, 2.75) is 26.3 Å². The van der Waals surface area contributed by atoms with Crippen molar-refractivity contribution >= 4 is 0 Å². The molecule has 5 heteroatoms. The van der Waals surface area contributed by atoms with Gasteiger partial charge in [0.25, 0.3) is 0 Å². The molecule has 0 aliphatic heterocycles. The molecule has 20 heavy (non-hydrogen) atoms. The molecule has 0 radical (unpaired) electrons. The zero-order valence-electron chi connectivity index (χ0n) is 13.0.